The SMILES string of the molecule is Cc1nn(-c2ccc(F)cc2)c(Cl)c1C(=O)N1CCN(C(=O)CCCc2ccccc2)CC1. The van der Waals surface area contributed by atoms with E-state index in [0.717, 1.165) is 12.8 Å². The monoisotopic (exact) mass is 468 g/mol. The summed E-state index contributed by atoms with van der Waals surface area (Å²) in [5.41, 5.74) is 2.65. The molecule has 2 amide bonds. The highest BCUT2D eigenvalue weighted by Crippen LogP contribution is 2.25. The molecule has 2 heterocycles. The summed E-state index contributed by atoms with van der Waals surface area (Å²) in [5, 5.41) is 4.58. The molecule has 0 spiro atoms. The largest absolute Gasteiger partial charge is 0.339 e. The first-order chi connectivity index (χ1) is 15.9. The Bertz CT molecular complexity index is 1120. The van der Waals surface area contributed by atoms with Gasteiger partial charge in [0.25, 0.3) is 5.91 Å². The van der Waals surface area contributed by atoms with Gasteiger partial charge in [-0.25, -0.2) is 9.07 Å². The number of halogens is 2. The number of aromatic nitrogens is 2. The van der Waals surface area contributed by atoms with E-state index in [4.69, 9.17) is 11.6 Å². The molecule has 1 saturated heterocycles. The molecule has 2 aromatic carbocycles. The summed E-state index contributed by atoms with van der Waals surface area (Å²) in [6.45, 7) is 3.62. The zero-order valence-electron chi connectivity index (χ0n) is 18.5. The van der Waals surface area contributed by atoms with E-state index in [0.29, 0.717) is 49.5 Å². The van der Waals surface area contributed by atoms with Crippen molar-refractivity contribution < 1.29 is 14.0 Å². The third-order valence-electron chi connectivity index (χ3n) is 5.91. The van der Waals surface area contributed by atoms with Gasteiger partial charge in [0.05, 0.1) is 16.9 Å². The molecule has 4 rings (SSSR count). The number of hydrogen-bond donors (Lipinski definition) is 0. The number of amides is 2. The second kappa shape index (κ2) is 10.2. The van der Waals surface area contributed by atoms with Crippen molar-refractivity contribution in [3.8, 4) is 5.69 Å². The van der Waals surface area contributed by atoms with Crippen LogP contribution in [-0.2, 0) is 11.2 Å². The fourth-order valence-electron chi connectivity index (χ4n) is 4.06. The molecule has 0 atom stereocenters. The van der Waals surface area contributed by atoms with Crippen molar-refractivity contribution >= 4 is 23.4 Å². The average molecular weight is 469 g/mol. The Hall–Kier alpha value is -3.19. The van der Waals surface area contributed by atoms with E-state index in [9.17, 15) is 14.0 Å². The first kappa shape index (κ1) is 23.0. The minimum atomic E-state index is -0.359. The Morgan fingerprint density at radius 2 is 1.61 bits per heavy atom. The molecule has 1 aliphatic rings. The molecule has 3 aromatic rings. The Balaban J connectivity index is 1.34. The van der Waals surface area contributed by atoms with Gasteiger partial charge in [-0.1, -0.05) is 41.9 Å². The van der Waals surface area contributed by atoms with Crippen molar-refractivity contribution in [1.29, 1.82) is 0 Å². The van der Waals surface area contributed by atoms with Crippen LogP contribution >= 0.6 is 11.6 Å². The van der Waals surface area contributed by atoms with Crippen LogP contribution in [0.15, 0.2) is 54.6 Å². The van der Waals surface area contributed by atoms with E-state index in [1.807, 2.05) is 23.1 Å². The molecular weight excluding hydrogens is 443 g/mol. The molecular formula is C25H26ClFN4O2. The number of piperazine rings is 1. The molecule has 8 heteroatoms. The van der Waals surface area contributed by atoms with E-state index in [1.54, 1.807) is 24.0 Å². The van der Waals surface area contributed by atoms with Crippen LogP contribution in [0.3, 0.4) is 0 Å². The number of rotatable bonds is 6. The van der Waals surface area contributed by atoms with Crippen molar-refractivity contribution in [2.75, 3.05) is 26.2 Å². The van der Waals surface area contributed by atoms with Gasteiger partial charge >= 0.3 is 0 Å². The second-order valence-corrected chi connectivity index (χ2v) is 8.51. The lowest BCUT2D eigenvalue weighted by Crippen LogP contribution is -2.50. The highest BCUT2D eigenvalue weighted by Gasteiger charge is 2.29. The summed E-state index contributed by atoms with van der Waals surface area (Å²) in [5.74, 6) is -0.444. The van der Waals surface area contributed by atoms with E-state index in [1.165, 1.54) is 22.4 Å². The molecule has 0 radical (unpaired) electrons. The van der Waals surface area contributed by atoms with Crippen molar-refractivity contribution in [3.05, 3.63) is 82.4 Å². The maximum Gasteiger partial charge on any atom is 0.259 e. The van der Waals surface area contributed by atoms with Gasteiger partial charge in [-0.2, -0.15) is 5.10 Å². The van der Waals surface area contributed by atoms with Crippen LogP contribution in [0.25, 0.3) is 5.69 Å². The molecule has 0 aliphatic carbocycles. The normalized spacial score (nSPS) is 13.9. The molecule has 0 saturated carbocycles. The zero-order valence-corrected chi connectivity index (χ0v) is 19.3. The van der Waals surface area contributed by atoms with Crippen molar-refractivity contribution in [2.45, 2.75) is 26.2 Å². The second-order valence-electron chi connectivity index (χ2n) is 8.15. The van der Waals surface area contributed by atoms with E-state index in [2.05, 4.69) is 17.2 Å². The minimum Gasteiger partial charge on any atom is -0.339 e. The van der Waals surface area contributed by atoms with Crippen LogP contribution in [0.1, 0.15) is 34.5 Å². The fraction of sp³-hybridized carbons (Fsp3) is 0.320. The highest BCUT2D eigenvalue weighted by molar-refractivity contribution is 6.33. The molecule has 0 unspecified atom stereocenters. The minimum absolute atomic E-state index is 0.122. The van der Waals surface area contributed by atoms with Crippen LogP contribution in [-0.4, -0.2) is 57.6 Å². The van der Waals surface area contributed by atoms with E-state index in [-0.39, 0.29) is 22.8 Å². The van der Waals surface area contributed by atoms with Gasteiger partial charge in [0.2, 0.25) is 5.91 Å². The summed E-state index contributed by atoms with van der Waals surface area (Å²) >= 11 is 6.50. The van der Waals surface area contributed by atoms with E-state index < -0.39 is 0 Å². The number of aryl methyl sites for hydroxylation is 2. The summed E-state index contributed by atoms with van der Waals surface area (Å²) in [6, 6.07) is 15.9. The fourth-order valence-corrected chi connectivity index (χ4v) is 4.41. The van der Waals surface area contributed by atoms with Gasteiger partial charge in [-0.15, -0.1) is 0 Å². The standard InChI is InChI=1S/C25H26ClFN4O2/c1-18-23(24(26)31(28-18)21-12-10-20(27)11-13-21)25(33)30-16-14-29(15-17-30)22(32)9-5-8-19-6-3-2-4-7-19/h2-4,6-7,10-13H,5,8-9,14-17H2,1H3. The summed E-state index contributed by atoms with van der Waals surface area (Å²) in [7, 11) is 0. The number of carbonyl (C=O) groups is 2. The predicted molar refractivity (Wildman–Crippen MR) is 125 cm³/mol. The number of carbonyl (C=O) groups excluding carboxylic acids is 2. The predicted octanol–water partition coefficient (Wildman–Crippen LogP) is 4.28. The van der Waals surface area contributed by atoms with Crippen molar-refractivity contribution in [3.63, 3.8) is 0 Å². The van der Waals surface area contributed by atoms with Gasteiger partial charge in [0, 0.05) is 32.6 Å². The van der Waals surface area contributed by atoms with Gasteiger partial charge < -0.3 is 9.80 Å². The smallest absolute Gasteiger partial charge is 0.259 e. The van der Waals surface area contributed by atoms with Gasteiger partial charge in [-0.05, 0) is 49.6 Å². The third-order valence-corrected chi connectivity index (χ3v) is 6.26. The highest BCUT2D eigenvalue weighted by atomic mass is 35.5. The first-order valence-corrected chi connectivity index (χ1v) is 11.4. The quantitative estimate of drug-likeness (QED) is 0.542. The maximum atomic E-state index is 13.2. The van der Waals surface area contributed by atoms with Crippen LogP contribution < -0.4 is 0 Å². The number of nitrogens with zero attached hydrogens (tertiary/aromatic N) is 4. The van der Waals surface area contributed by atoms with E-state index >= 15 is 0 Å². The lowest BCUT2D eigenvalue weighted by molar-refractivity contribution is -0.132. The number of hydrogen-bond acceptors (Lipinski definition) is 3. The maximum absolute atomic E-state index is 13.2. The lowest BCUT2D eigenvalue weighted by atomic mass is 10.1. The summed E-state index contributed by atoms with van der Waals surface area (Å²) in [6.07, 6.45) is 2.18. The molecule has 6 nitrogen and oxygen atoms in total. The van der Waals surface area contributed by atoms with Crippen molar-refractivity contribution in [1.82, 2.24) is 19.6 Å². The lowest BCUT2D eigenvalue weighted by Gasteiger charge is -2.34. The Labute approximate surface area is 197 Å². The number of benzene rings is 2. The average Bonchev–Trinajstić information content (AvgIpc) is 3.13. The van der Waals surface area contributed by atoms with Gasteiger partial charge in [0.1, 0.15) is 11.0 Å². The molecule has 1 fully saturated rings. The third kappa shape index (κ3) is 5.25. The van der Waals surface area contributed by atoms with Crippen LogP contribution in [0.2, 0.25) is 5.15 Å². The molecule has 1 aromatic heterocycles. The summed E-state index contributed by atoms with van der Waals surface area (Å²) < 4.78 is 14.7. The van der Waals surface area contributed by atoms with Crippen LogP contribution in [0, 0.1) is 12.7 Å². The van der Waals surface area contributed by atoms with Gasteiger partial charge in [0.15, 0.2) is 0 Å². The molecule has 172 valence electrons. The molecule has 0 N–H and O–H groups in total. The Kier molecular flexibility index (Phi) is 7.08. The zero-order chi connectivity index (χ0) is 23.4. The van der Waals surface area contributed by atoms with Crippen LogP contribution in [0.5, 0.6) is 0 Å². The first-order valence-electron chi connectivity index (χ1n) is 11.1. The molecule has 33 heavy (non-hydrogen) atoms. The van der Waals surface area contributed by atoms with Gasteiger partial charge in [-0.3, -0.25) is 9.59 Å². The van der Waals surface area contributed by atoms with Crippen LogP contribution in [0.4, 0.5) is 4.39 Å². The summed E-state index contributed by atoms with van der Waals surface area (Å²) in [4.78, 5) is 29.3. The molecule has 1 aliphatic heterocycles. The topological polar surface area (TPSA) is 58.4 Å². The Morgan fingerprint density at radius 1 is 0.970 bits per heavy atom. The van der Waals surface area contributed by atoms with Crippen molar-refractivity contribution in [2.24, 2.45) is 0 Å². The Morgan fingerprint density at radius 3 is 2.27 bits per heavy atom. The molecule has 0 bridgehead atoms.